The summed E-state index contributed by atoms with van der Waals surface area (Å²) in [4.78, 5) is 24.1. The molecule has 92 valence electrons. The fourth-order valence-corrected chi connectivity index (χ4v) is 1.98. The van der Waals surface area contributed by atoms with Crippen LogP contribution < -0.4 is 0 Å². The Hall–Kier alpha value is -0.480. The molecule has 0 aromatic heterocycles. The van der Waals surface area contributed by atoms with Gasteiger partial charge in [0.05, 0.1) is 11.8 Å². The lowest BCUT2D eigenvalue weighted by atomic mass is 10.1. The highest BCUT2D eigenvalue weighted by atomic mass is 35.5. The van der Waals surface area contributed by atoms with Crippen LogP contribution in [0.1, 0.15) is 20.3 Å². The molecule has 0 radical (unpaired) electrons. The smallest absolute Gasteiger partial charge is 0.308 e. The van der Waals surface area contributed by atoms with Crippen LogP contribution in [0.2, 0.25) is 0 Å². The van der Waals surface area contributed by atoms with Crippen LogP contribution in [0.15, 0.2) is 0 Å². The van der Waals surface area contributed by atoms with Gasteiger partial charge in [-0.1, -0.05) is 6.92 Å². The van der Waals surface area contributed by atoms with Crippen molar-refractivity contribution in [3.63, 3.8) is 0 Å². The monoisotopic (exact) mass is 267 g/mol. The average Bonchev–Trinajstić information content (AvgIpc) is 2.82. The summed E-state index contributed by atoms with van der Waals surface area (Å²) >= 11 is 11.6. The summed E-state index contributed by atoms with van der Waals surface area (Å²) in [5, 5.41) is 8.77. The minimum absolute atomic E-state index is 0.152. The summed E-state index contributed by atoms with van der Waals surface area (Å²) in [5.74, 6) is -2.02. The van der Waals surface area contributed by atoms with Crippen molar-refractivity contribution in [1.82, 2.24) is 4.90 Å². The van der Waals surface area contributed by atoms with Crippen molar-refractivity contribution >= 4 is 35.1 Å². The van der Waals surface area contributed by atoms with E-state index >= 15 is 0 Å². The Bertz CT molecular complexity index is 306. The molecule has 16 heavy (non-hydrogen) atoms. The van der Waals surface area contributed by atoms with E-state index in [1.807, 2.05) is 0 Å². The van der Waals surface area contributed by atoms with E-state index in [1.54, 1.807) is 13.8 Å². The first-order valence-electron chi connectivity index (χ1n) is 5.19. The van der Waals surface area contributed by atoms with Crippen LogP contribution in [0.4, 0.5) is 0 Å². The summed E-state index contributed by atoms with van der Waals surface area (Å²) in [6, 6.07) is 0. The maximum absolute atomic E-state index is 11.9. The highest BCUT2D eigenvalue weighted by Gasteiger charge is 2.57. The molecule has 2 unspecified atom stereocenters. The number of alkyl halides is 2. The van der Waals surface area contributed by atoms with E-state index < -0.39 is 16.2 Å². The number of amides is 1. The molecule has 0 aliphatic heterocycles. The van der Waals surface area contributed by atoms with Crippen molar-refractivity contribution < 1.29 is 14.7 Å². The summed E-state index contributed by atoms with van der Waals surface area (Å²) < 4.78 is -0.947. The van der Waals surface area contributed by atoms with Crippen LogP contribution in [0, 0.1) is 11.8 Å². The third-order valence-corrected chi connectivity index (χ3v) is 3.57. The first-order chi connectivity index (χ1) is 7.29. The number of carboxylic acid groups (broad SMARTS) is 1. The molecule has 1 N–H and O–H groups in total. The van der Waals surface area contributed by atoms with E-state index in [9.17, 15) is 9.59 Å². The number of hydrogen-bond acceptors (Lipinski definition) is 2. The lowest BCUT2D eigenvalue weighted by Gasteiger charge is -2.23. The number of carbonyl (C=O) groups is 2. The van der Waals surface area contributed by atoms with Gasteiger partial charge in [-0.25, -0.2) is 0 Å². The van der Waals surface area contributed by atoms with Crippen molar-refractivity contribution in [2.45, 2.75) is 24.6 Å². The highest BCUT2D eigenvalue weighted by Crippen LogP contribution is 2.53. The maximum atomic E-state index is 11.9. The van der Waals surface area contributed by atoms with Gasteiger partial charge in [0.15, 0.2) is 0 Å². The summed E-state index contributed by atoms with van der Waals surface area (Å²) in [5.41, 5.74) is 0. The topological polar surface area (TPSA) is 57.6 Å². The van der Waals surface area contributed by atoms with Gasteiger partial charge in [-0.05, 0) is 13.3 Å². The second-order valence-corrected chi connectivity index (χ2v) is 5.68. The third kappa shape index (κ3) is 3.01. The highest BCUT2D eigenvalue weighted by molar-refractivity contribution is 6.52. The Morgan fingerprint density at radius 1 is 1.56 bits per heavy atom. The molecule has 2 atom stereocenters. The first kappa shape index (κ1) is 13.6. The number of rotatable bonds is 5. The Balaban J connectivity index is 2.55. The maximum Gasteiger partial charge on any atom is 0.308 e. The summed E-state index contributed by atoms with van der Waals surface area (Å²) in [6.07, 6.45) is 0.451. The lowest BCUT2D eigenvalue weighted by molar-refractivity contribution is -0.143. The second-order valence-electron chi connectivity index (χ2n) is 4.13. The average molecular weight is 268 g/mol. The van der Waals surface area contributed by atoms with Crippen LogP contribution >= 0.6 is 23.2 Å². The third-order valence-electron chi connectivity index (χ3n) is 2.73. The Morgan fingerprint density at radius 2 is 2.06 bits per heavy atom. The predicted molar refractivity (Wildman–Crippen MR) is 61.6 cm³/mol. The van der Waals surface area contributed by atoms with E-state index in [4.69, 9.17) is 28.3 Å². The molecule has 0 aromatic carbocycles. The van der Waals surface area contributed by atoms with E-state index in [1.165, 1.54) is 4.90 Å². The quantitative estimate of drug-likeness (QED) is 0.773. The van der Waals surface area contributed by atoms with Crippen molar-refractivity contribution in [2.75, 3.05) is 13.1 Å². The van der Waals surface area contributed by atoms with E-state index in [2.05, 4.69) is 0 Å². The zero-order chi connectivity index (χ0) is 12.5. The number of hydrogen-bond donors (Lipinski definition) is 1. The zero-order valence-electron chi connectivity index (χ0n) is 9.24. The molecule has 1 saturated carbocycles. The number of aliphatic carboxylic acids is 1. The fourth-order valence-electron chi connectivity index (χ4n) is 1.49. The van der Waals surface area contributed by atoms with Gasteiger partial charge < -0.3 is 10.0 Å². The van der Waals surface area contributed by atoms with Gasteiger partial charge in [-0.15, -0.1) is 23.2 Å². The molecule has 1 aliphatic carbocycles. The van der Waals surface area contributed by atoms with Crippen LogP contribution in [-0.4, -0.2) is 39.3 Å². The Kier molecular flexibility index (Phi) is 4.07. The standard InChI is InChI=1S/C10H15Cl2NO3/c1-3-13(5-6(2)9(15)16)8(14)7-4-10(7,11)12/h6-7H,3-5H2,1-2H3,(H,15,16). The molecule has 0 aromatic rings. The minimum Gasteiger partial charge on any atom is -0.481 e. The van der Waals surface area contributed by atoms with Crippen LogP contribution in [0.5, 0.6) is 0 Å². The SMILES string of the molecule is CCN(CC(C)C(=O)O)C(=O)C1CC1(Cl)Cl. The fraction of sp³-hybridized carbons (Fsp3) is 0.800. The molecule has 0 bridgehead atoms. The molecule has 0 heterocycles. The van der Waals surface area contributed by atoms with Crippen LogP contribution in [0.3, 0.4) is 0 Å². The molecular weight excluding hydrogens is 253 g/mol. The van der Waals surface area contributed by atoms with E-state index in [0.29, 0.717) is 13.0 Å². The Labute approximate surface area is 105 Å². The number of carbonyl (C=O) groups excluding carboxylic acids is 1. The Morgan fingerprint density at radius 3 is 2.38 bits per heavy atom. The van der Waals surface area contributed by atoms with Crippen molar-refractivity contribution in [3.8, 4) is 0 Å². The molecule has 4 nitrogen and oxygen atoms in total. The van der Waals surface area contributed by atoms with Crippen LogP contribution in [-0.2, 0) is 9.59 Å². The number of nitrogens with zero attached hydrogens (tertiary/aromatic N) is 1. The molecule has 1 rings (SSSR count). The van der Waals surface area contributed by atoms with Crippen molar-refractivity contribution in [1.29, 1.82) is 0 Å². The molecule has 1 aliphatic rings. The second kappa shape index (κ2) is 4.80. The molecule has 1 fully saturated rings. The first-order valence-corrected chi connectivity index (χ1v) is 5.94. The van der Waals surface area contributed by atoms with Crippen LogP contribution in [0.25, 0.3) is 0 Å². The van der Waals surface area contributed by atoms with Gasteiger partial charge in [-0.3, -0.25) is 9.59 Å². The molecule has 1 amide bonds. The predicted octanol–water partition coefficient (Wildman–Crippen LogP) is 1.75. The van der Waals surface area contributed by atoms with Gasteiger partial charge >= 0.3 is 5.97 Å². The largest absolute Gasteiger partial charge is 0.481 e. The van der Waals surface area contributed by atoms with E-state index in [-0.39, 0.29) is 18.4 Å². The summed E-state index contributed by atoms with van der Waals surface area (Å²) in [7, 11) is 0. The number of carboxylic acids is 1. The summed E-state index contributed by atoms with van der Waals surface area (Å²) in [6.45, 7) is 4.04. The van der Waals surface area contributed by atoms with E-state index in [0.717, 1.165) is 0 Å². The van der Waals surface area contributed by atoms with Gasteiger partial charge in [0.25, 0.3) is 0 Å². The minimum atomic E-state index is -0.947. The zero-order valence-corrected chi connectivity index (χ0v) is 10.8. The van der Waals surface area contributed by atoms with Gasteiger partial charge in [0.2, 0.25) is 5.91 Å². The molecule has 6 heteroatoms. The molecule has 0 spiro atoms. The lowest BCUT2D eigenvalue weighted by Crippen LogP contribution is -2.38. The van der Waals surface area contributed by atoms with Crippen molar-refractivity contribution in [3.05, 3.63) is 0 Å². The molecular formula is C10H15Cl2NO3. The van der Waals surface area contributed by atoms with Gasteiger partial charge in [-0.2, -0.15) is 0 Å². The van der Waals surface area contributed by atoms with Gasteiger partial charge in [0.1, 0.15) is 4.33 Å². The molecule has 0 saturated heterocycles. The van der Waals surface area contributed by atoms with Gasteiger partial charge in [0, 0.05) is 13.1 Å². The normalized spacial score (nSPS) is 23.6. The van der Waals surface area contributed by atoms with Crippen molar-refractivity contribution in [2.24, 2.45) is 11.8 Å². The number of halogens is 2.